The monoisotopic (exact) mass is 446 g/mol. The average molecular weight is 447 g/mol. The van der Waals surface area contributed by atoms with Gasteiger partial charge >= 0.3 is 0 Å². The molecule has 2 aliphatic rings. The van der Waals surface area contributed by atoms with Gasteiger partial charge in [-0.3, -0.25) is 9.59 Å². The van der Waals surface area contributed by atoms with Crippen LogP contribution in [0.5, 0.6) is 0 Å². The Bertz CT molecular complexity index is 929. The lowest BCUT2D eigenvalue weighted by molar-refractivity contribution is -0.130. The van der Waals surface area contributed by atoms with Gasteiger partial charge in [-0.05, 0) is 68.5 Å². The molecule has 2 aromatic rings. The zero-order valence-electron chi connectivity index (χ0n) is 16.6. The number of carbonyl (C=O) groups is 2. The summed E-state index contributed by atoms with van der Waals surface area (Å²) in [5.74, 6) is -0.661. The fourth-order valence-corrected chi connectivity index (χ4v) is 5.37. The van der Waals surface area contributed by atoms with Gasteiger partial charge in [0.15, 0.2) is 0 Å². The van der Waals surface area contributed by atoms with Crippen LogP contribution >= 0.6 is 23.4 Å². The maximum atomic E-state index is 14.6. The Balaban J connectivity index is 1.41. The first-order valence-electron chi connectivity index (χ1n) is 10.3. The van der Waals surface area contributed by atoms with Crippen molar-refractivity contribution in [2.75, 3.05) is 6.54 Å². The number of halogens is 2. The highest BCUT2D eigenvalue weighted by atomic mass is 35.5. The van der Waals surface area contributed by atoms with Crippen LogP contribution in [0.3, 0.4) is 0 Å². The summed E-state index contributed by atoms with van der Waals surface area (Å²) in [4.78, 5) is 28.4. The summed E-state index contributed by atoms with van der Waals surface area (Å²) < 4.78 is 14.6. The third kappa shape index (κ3) is 4.81. The number of nitrogens with zero attached hydrogens (tertiary/aromatic N) is 1. The molecule has 30 heavy (non-hydrogen) atoms. The van der Waals surface area contributed by atoms with Gasteiger partial charge in [-0.1, -0.05) is 29.4 Å². The third-order valence-electron chi connectivity index (χ3n) is 5.83. The summed E-state index contributed by atoms with van der Waals surface area (Å²) in [7, 11) is 0. The number of hydrogen-bond acceptors (Lipinski definition) is 3. The molecule has 4 nitrogen and oxygen atoms in total. The molecule has 7 heteroatoms. The van der Waals surface area contributed by atoms with Crippen LogP contribution in [0, 0.1) is 5.82 Å². The van der Waals surface area contributed by atoms with E-state index >= 15 is 0 Å². The molecule has 0 radical (unpaired) electrons. The second-order valence-corrected chi connectivity index (χ2v) is 9.39. The van der Waals surface area contributed by atoms with Crippen LogP contribution in [0.15, 0.2) is 52.3 Å². The molecule has 1 aliphatic heterocycles. The van der Waals surface area contributed by atoms with Crippen molar-refractivity contribution in [2.45, 2.75) is 60.4 Å². The maximum absolute atomic E-state index is 14.6. The minimum Gasteiger partial charge on any atom is -0.349 e. The minimum absolute atomic E-state index is 0.000516. The van der Waals surface area contributed by atoms with Gasteiger partial charge in [-0.25, -0.2) is 4.39 Å². The average Bonchev–Trinajstić information content (AvgIpc) is 3.16. The van der Waals surface area contributed by atoms with E-state index in [9.17, 15) is 14.0 Å². The van der Waals surface area contributed by atoms with Crippen molar-refractivity contribution in [1.82, 2.24) is 10.2 Å². The summed E-state index contributed by atoms with van der Waals surface area (Å²) in [5.41, 5.74) is 0.0781. The summed E-state index contributed by atoms with van der Waals surface area (Å²) in [6, 6.07) is 12.2. The third-order valence-corrected chi connectivity index (χ3v) is 7.15. The molecular formula is C23H24ClFN2O2S. The predicted octanol–water partition coefficient (Wildman–Crippen LogP) is 5.29. The highest BCUT2D eigenvalue weighted by Gasteiger charge is 2.32. The van der Waals surface area contributed by atoms with Crippen molar-refractivity contribution in [2.24, 2.45) is 0 Å². The zero-order valence-corrected chi connectivity index (χ0v) is 18.1. The first kappa shape index (κ1) is 21.2. The van der Waals surface area contributed by atoms with Gasteiger partial charge in [0.25, 0.3) is 5.91 Å². The van der Waals surface area contributed by atoms with Crippen LogP contribution in [0.25, 0.3) is 0 Å². The Labute approximate surface area is 185 Å². The van der Waals surface area contributed by atoms with Crippen molar-refractivity contribution >= 4 is 35.2 Å². The molecule has 1 N–H and O–H groups in total. The highest BCUT2D eigenvalue weighted by Crippen LogP contribution is 2.33. The molecule has 0 bridgehead atoms. The maximum Gasteiger partial charge on any atom is 0.255 e. The Hall–Kier alpha value is -2.05. The van der Waals surface area contributed by atoms with E-state index in [0.717, 1.165) is 43.5 Å². The van der Waals surface area contributed by atoms with Crippen LogP contribution in [-0.4, -0.2) is 35.3 Å². The quantitative estimate of drug-likeness (QED) is 0.678. The van der Waals surface area contributed by atoms with Gasteiger partial charge < -0.3 is 10.2 Å². The normalized spacial score (nSPS) is 21.7. The number of amides is 2. The first-order valence-corrected chi connectivity index (χ1v) is 11.5. The van der Waals surface area contributed by atoms with E-state index in [1.165, 1.54) is 17.8 Å². The number of nitrogens with one attached hydrogen (secondary N) is 1. The first-order chi connectivity index (χ1) is 14.5. The number of hydrogen-bond donors (Lipinski definition) is 1. The van der Waals surface area contributed by atoms with E-state index in [4.69, 9.17) is 11.6 Å². The van der Waals surface area contributed by atoms with Crippen LogP contribution in [0.4, 0.5) is 4.39 Å². The summed E-state index contributed by atoms with van der Waals surface area (Å²) in [5, 5.41) is 3.64. The van der Waals surface area contributed by atoms with E-state index < -0.39 is 5.82 Å². The summed E-state index contributed by atoms with van der Waals surface area (Å²) >= 11 is 7.28. The molecular weight excluding hydrogens is 423 g/mol. The molecule has 1 heterocycles. The van der Waals surface area contributed by atoms with Crippen LogP contribution in [0.1, 0.15) is 48.9 Å². The summed E-state index contributed by atoms with van der Waals surface area (Å²) in [6.45, 7) is 0.848. The smallest absolute Gasteiger partial charge is 0.255 e. The lowest BCUT2D eigenvalue weighted by atomic mass is 9.90. The van der Waals surface area contributed by atoms with Crippen LogP contribution in [-0.2, 0) is 4.79 Å². The van der Waals surface area contributed by atoms with Gasteiger partial charge in [0.1, 0.15) is 5.82 Å². The second-order valence-electron chi connectivity index (χ2n) is 7.84. The van der Waals surface area contributed by atoms with E-state index in [2.05, 4.69) is 5.32 Å². The van der Waals surface area contributed by atoms with E-state index in [-0.39, 0.29) is 29.5 Å². The van der Waals surface area contributed by atoms with E-state index in [1.807, 2.05) is 17.0 Å². The predicted molar refractivity (Wildman–Crippen MR) is 116 cm³/mol. The fourth-order valence-electron chi connectivity index (χ4n) is 4.28. The number of benzene rings is 2. The summed E-state index contributed by atoms with van der Waals surface area (Å²) in [6.07, 6.45) is 4.94. The number of rotatable bonds is 5. The van der Waals surface area contributed by atoms with Crippen molar-refractivity contribution in [3.8, 4) is 0 Å². The molecule has 2 fully saturated rings. The van der Waals surface area contributed by atoms with Gasteiger partial charge in [-0.15, -0.1) is 0 Å². The molecule has 1 aliphatic carbocycles. The molecule has 1 saturated carbocycles. The second kappa shape index (κ2) is 9.40. The Morgan fingerprint density at radius 2 is 1.83 bits per heavy atom. The van der Waals surface area contributed by atoms with Gasteiger partial charge in [0.2, 0.25) is 5.91 Å². The minimum atomic E-state index is -0.525. The largest absolute Gasteiger partial charge is 0.349 e. The highest BCUT2D eigenvalue weighted by molar-refractivity contribution is 7.99. The van der Waals surface area contributed by atoms with Crippen LogP contribution < -0.4 is 5.32 Å². The molecule has 4 rings (SSSR count). The van der Waals surface area contributed by atoms with Crippen molar-refractivity contribution in [3.05, 3.63) is 58.9 Å². The van der Waals surface area contributed by atoms with E-state index in [0.29, 0.717) is 16.3 Å². The SMILES string of the molecule is O=C(NC1CCC(N2CCCC2=O)CC1)c1c(F)cccc1Sc1ccc(Cl)cc1. The zero-order chi connectivity index (χ0) is 21.1. The molecule has 0 spiro atoms. The standard InChI is InChI=1S/C23H24ClFN2O2S/c24-15-6-12-18(13-7-15)30-20-4-1-3-19(25)22(20)23(29)26-16-8-10-17(11-9-16)27-14-2-5-21(27)28/h1,3-4,6-7,12-13,16-17H,2,5,8-11,14H2,(H,26,29). The van der Waals surface area contributed by atoms with Gasteiger partial charge in [0.05, 0.1) is 5.56 Å². The van der Waals surface area contributed by atoms with Crippen LogP contribution in [0.2, 0.25) is 5.02 Å². The molecule has 158 valence electrons. The number of carbonyl (C=O) groups excluding carboxylic acids is 2. The topological polar surface area (TPSA) is 49.4 Å². The van der Waals surface area contributed by atoms with Crippen molar-refractivity contribution < 1.29 is 14.0 Å². The Morgan fingerprint density at radius 1 is 1.10 bits per heavy atom. The molecule has 0 aromatic heterocycles. The molecule has 0 unspecified atom stereocenters. The molecule has 0 atom stereocenters. The van der Waals surface area contributed by atoms with E-state index in [1.54, 1.807) is 24.3 Å². The fraction of sp³-hybridized carbons (Fsp3) is 0.391. The van der Waals surface area contributed by atoms with Gasteiger partial charge in [-0.2, -0.15) is 0 Å². The molecule has 1 saturated heterocycles. The Kier molecular flexibility index (Phi) is 6.64. The number of likely N-dealkylation sites (tertiary alicyclic amines) is 1. The Morgan fingerprint density at radius 3 is 2.50 bits per heavy atom. The van der Waals surface area contributed by atoms with Crippen molar-refractivity contribution in [1.29, 1.82) is 0 Å². The lowest BCUT2D eigenvalue weighted by Crippen LogP contribution is -2.44. The molecule has 2 aromatic carbocycles. The lowest BCUT2D eigenvalue weighted by Gasteiger charge is -2.35. The van der Waals surface area contributed by atoms with Crippen molar-refractivity contribution in [3.63, 3.8) is 0 Å². The van der Waals surface area contributed by atoms with Gasteiger partial charge in [0, 0.05) is 39.9 Å². The molecule has 2 amide bonds.